The zero-order valence-electron chi connectivity index (χ0n) is 6.81. The predicted molar refractivity (Wildman–Crippen MR) is 50.4 cm³/mol. The van der Waals surface area contributed by atoms with E-state index in [1.165, 1.54) is 0 Å². The van der Waals surface area contributed by atoms with Crippen LogP contribution in [0.1, 0.15) is 0 Å². The molecular weight excluding hydrogens is 165 g/mol. The van der Waals surface area contributed by atoms with Gasteiger partial charge >= 0.3 is 5.69 Å². The molecular formula is C10H7N2O+. The first kappa shape index (κ1) is 7.56. The number of fused-ring (bicyclic) bond motifs is 1. The van der Waals surface area contributed by atoms with E-state index < -0.39 is 0 Å². The van der Waals surface area contributed by atoms with Crippen molar-refractivity contribution in [3.63, 3.8) is 0 Å². The molecule has 3 heteroatoms. The van der Waals surface area contributed by atoms with Crippen LogP contribution < -0.4 is 0 Å². The Morgan fingerprint density at radius 3 is 2.31 bits per heavy atom. The van der Waals surface area contributed by atoms with Crippen LogP contribution >= 0.6 is 0 Å². The molecule has 3 nitrogen and oxygen atoms in total. The lowest BCUT2D eigenvalue weighted by atomic mass is 10.1. The minimum atomic E-state index is -0.0128. The highest BCUT2D eigenvalue weighted by atomic mass is 16.3. The molecule has 1 N–H and O–H groups in total. The average molecular weight is 172 g/mol. The van der Waals surface area contributed by atoms with E-state index in [0.29, 0.717) is 0 Å². The summed E-state index contributed by atoms with van der Waals surface area (Å²) in [6.07, 6.45) is 0. The molecule has 0 saturated heterocycles. The van der Waals surface area contributed by atoms with Gasteiger partial charge in [-0.3, -0.25) is 0 Å². The highest BCUT2D eigenvalue weighted by Gasteiger charge is 2.13. The lowest BCUT2D eigenvalue weighted by Gasteiger charge is -1.94. The minimum Gasteiger partial charge on any atom is -0.501 e. The molecule has 62 valence electrons. The van der Waals surface area contributed by atoms with Crippen LogP contribution in [0.5, 0.6) is 5.75 Å². The highest BCUT2D eigenvalue weighted by molar-refractivity contribution is 5.88. The highest BCUT2D eigenvalue weighted by Crippen LogP contribution is 2.31. The normalized spacial score (nSPS) is 9.77. The standard InChI is InChI=1S/C10H6N2O/c11-12-9-5-7-3-1-2-4-8(7)6-10(9)13/h1-6H/p+1/i10+1. The maximum absolute atomic E-state index is 9.35. The second-order valence-corrected chi connectivity index (χ2v) is 2.79. The molecule has 0 aromatic heterocycles. The molecule has 0 atom stereocenters. The van der Waals surface area contributed by atoms with Crippen molar-refractivity contribution in [3.05, 3.63) is 41.4 Å². The SMILES string of the molecule is N#[N+]c1cc2ccccc2c[13c]1O. The van der Waals surface area contributed by atoms with E-state index in [0.717, 1.165) is 10.8 Å². The number of aromatic hydroxyl groups is 1. The molecule has 0 saturated carbocycles. The molecule has 2 rings (SSSR count). The molecule has 0 aliphatic heterocycles. The van der Waals surface area contributed by atoms with Gasteiger partial charge in [0.1, 0.15) is 0 Å². The van der Waals surface area contributed by atoms with Crippen molar-refractivity contribution in [2.24, 2.45) is 0 Å². The van der Waals surface area contributed by atoms with Crippen LogP contribution in [-0.2, 0) is 0 Å². The molecule has 0 amide bonds. The zero-order chi connectivity index (χ0) is 9.26. The van der Waals surface area contributed by atoms with Crippen LogP contribution in [0.3, 0.4) is 0 Å². The summed E-state index contributed by atoms with van der Waals surface area (Å²) in [5, 5.41) is 19.8. The van der Waals surface area contributed by atoms with Crippen molar-refractivity contribution in [2.75, 3.05) is 0 Å². The van der Waals surface area contributed by atoms with Gasteiger partial charge in [-0.25, -0.2) is 0 Å². The van der Waals surface area contributed by atoms with Gasteiger partial charge in [0, 0.05) is 6.07 Å². The number of hydrogen-bond acceptors (Lipinski definition) is 2. The van der Waals surface area contributed by atoms with Crippen LogP contribution in [-0.4, -0.2) is 5.11 Å². The van der Waals surface area contributed by atoms with Crippen molar-refractivity contribution in [2.45, 2.75) is 0 Å². The molecule has 0 heterocycles. The number of nitrogens with zero attached hydrogens (tertiary/aromatic N) is 2. The summed E-state index contributed by atoms with van der Waals surface area (Å²) in [6.45, 7) is 0. The summed E-state index contributed by atoms with van der Waals surface area (Å²) in [4.78, 5) is 2.97. The molecule has 2 aromatic carbocycles. The maximum atomic E-state index is 9.35. The van der Waals surface area contributed by atoms with Gasteiger partial charge in [0.2, 0.25) is 11.1 Å². The lowest BCUT2D eigenvalue weighted by molar-refractivity contribution is 0.479. The molecule has 0 radical (unpaired) electrons. The van der Waals surface area contributed by atoms with Crippen molar-refractivity contribution >= 4 is 16.5 Å². The van der Waals surface area contributed by atoms with E-state index in [2.05, 4.69) is 4.98 Å². The van der Waals surface area contributed by atoms with Crippen molar-refractivity contribution in [3.8, 4) is 5.75 Å². The van der Waals surface area contributed by atoms with E-state index >= 15 is 0 Å². The van der Waals surface area contributed by atoms with Crippen molar-refractivity contribution in [1.29, 1.82) is 5.39 Å². The van der Waals surface area contributed by atoms with Crippen LogP contribution in [0.2, 0.25) is 0 Å². The Morgan fingerprint density at radius 1 is 1.08 bits per heavy atom. The monoisotopic (exact) mass is 172 g/mol. The summed E-state index contributed by atoms with van der Waals surface area (Å²) in [5.74, 6) is -0.0128. The Bertz CT molecular complexity index is 500. The van der Waals surface area contributed by atoms with Crippen LogP contribution in [0, 0.1) is 5.39 Å². The van der Waals surface area contributed by atoms with Gasteiger partial charge in [-0.1, -0.05) is 24.3 Å². The van der Waals surface area contributed by atoms with Gasteiger partial charge < -0.3 is 5.11 Å². The fourth-order valence-corrected chi connectivity index (χ4v) is 1.30. The quantitative estimate of drug-likeness (QED) is 0.621. The molecule has 2 aromatic rings. The topological polar surface area (TPSA) is 48.4 Å². The Balaban J connectivity index is 2.83. The molecule has 0 fully saturated rings. The Kier molecular flexibility index (Phi) is 1.60. The van der Waals surface area contributed by atoms with E-state index in [1.807, 2.05) is 24.3 Å². The smallest absolute Gasteiger partial charge is 0.426 e. The zero-order valence-corrected chi connectivity index (χ0v) is 6.81. The van der Waals surface area contributed by atoms with Crippen molar-refractivity contribution in [1.82, 2.24) is 0 Å². The number of rotatable bonds is 0. The van der Waals surface area contributed by atoms with Crippen molar-refractivity contribution < 1.29 is 5.11 Å². The van der Waals surface area contributed by atoms with Crippen LogP contribution in [0.15, 0.2) is 36.4 Å². The molecule has 13 heavy (non-hydrogen) atoms. The maximum Gasteiger partial charge on any atom is 0.426 e. The van der Waals surface area contributed by atoms with E-state index in [9.17, 15) is 5.11 Å². The predicted octanol–water partition coefficient (Wildman–Crippen LogP) is 3.03. The summed E-state index contributed by atoms with van der Waals surface area (Å²) >= 11 is 0. The molecule has 0 bridgehead atoms. The fourth-order valence-electron chi connectivity index (χ4n) is 1.30. The van der Waals surface area contributed by atoms with Gasteiger partial charge in [-0.05, 0) is 16.8 Å². The third kappa shape index (κ3) is 1.18. The van der Waals surface area contributed by atoms with E-state index in [-0.39, 0.29) is 11.4 Å². The first-order valence-electron chi connectivity index (χ1n) is 3.88. The summed E-state index contributed by atoms with van der Waals surface area (Å²) < 4.78 is 0. The van der Waals surface area contributed by atoms with Gasteiger partial charge in [0.05, 0.1) is 0 Å². The summed E-state index contributed by atoms with van der Waals surface area (Å²) in [6, 6.07) is 10.8. The van der Waals surface area contributed by atoms with E-state index in [1.54, 1.807) is 12.1 Å². The Hall–Kier alpha value is -2.08. The molecule has 0 aliphatic carbocycles. The minimum absolute atomic E-state index is 0.0128. The first-order valence-corrected chi connectivity index (χ1v) is 3.88. The lowest BCUT2D eigenvalue weighted by Crippen LogP contribution is -1.71. The number of hydrogen-bond donors (Lipinski definition) is 1. The largest absolute Gasteiger partial charge is 0.501 e. The second kappa shape index (κ2) is 2.76. The van der Waals surface area contributed by atoms with E-state index in [4.69, 9.17) is 5.39 Å². The molecule has 0 unspecified atom stereocenters. The van der Waals surface area contributed by atoms with Crippen LogP contribution in [0.4, 0.5) is 5.69 Å². The van der Waals surface area contributed by atoms with Gasteiger partial charge in [0.15, 0.2) is 4.98 Å². The summed E-state index contributed by atoms with van der Waals surface area (Å²) in [7, 11) is 0. The third-order valence-corrected chi connectivity index (χ3v) is 1.95. The van der Waals surface area contributed by atoms with Gasteiger partial charge in [-0.2, -0.15) is 0 Å². The Morgan fingerprint density at radius 2 is 1.69 bits per heavy atom. The summed E-state index contributed by atoms with van der Waals surface area (Å²) in [5.41, 5.74) is 0.193. The number of phenols is 1. The third-order valence-electron chi connectivity index (χ3n) is 1.95. The number of diazo groups is 1. The Labute approximate surface area is 74.9 Å². The van der Waals surface area contributed by atoms with Gasteiger partial charge in [0.25, 0.3) is 0 Å². The fraction of sp³-hybridized carbons (Fsp3) is 0. The van der Waals surface area contributed by atoms with Gasteiger partial charge in [-0.15, -0.1) is 0 Å². The average Bonchev–Trinajstić information content (AvgIpc) is 2.17. The first-order chi connectivity index (χ1) is 6.31. The number of benzene rings is 2. The number of phenolic OH excluding ortho intramolecular Hbond substituents is 1. The molecule has 0 aliphatic rings. The van der Waals surface area contributed by atoms with Crippen LogP contribution in [0.25, 0.3) is 15.7 Å². The second-order valence-electron chi connectivity index (χ2n) is 2.79. The molecule has 0 spiro atoms.